The molecule has 6 nitrogen and oxygen atoms in total. The lowest BCUT2D eigenvalue weighted by molar-refractivity contribution is -0.0510. The maximum Gasteiger partial charge on any atom is 0.522 e. The number of rotatable bonds is 4. The van der Waals surface area contributed by atoms with Gasteiger partial charge in [-0.15, -0.1) is 0 Å². The van der Waals surface area contributed by atoms with Crippen LogP contribution in [0.4, 0.5) is 13.2 Å². The summed E-state index contributed by atoms with van der Waals surface area (Å²) in [5.74, 6) is 1.94. The van der Waals surface area contributed by atoms with E-state index in [0.717, 1.165) is 28.9 Å². The summed E-state index contributed by atoms with van der Waals surface area (Å²) < 4.78 is 69.4. The van der Waals surface area contributed by atoms with Gasteiger partial charge in [-0.1, -0.05) is 12.1 Å². The van der Waals surface area contributed by atoms with Crippen molar-refractivity contribution in [2.45, 2.75) is 63.7 Å². The minimum absolute atomic E-state index is 0.573. The summed E-state index contributed by atoms with van der Waals surface area (Å²) in [5, 5.41) is 1.09. The van der Waals surface area contributed by atoms with Crippen LogP contribution in [-0.4, -0.2) is 48.1 Å². The van der Waals surface area contributed by atoms with Gasteiger partial charge in [0.2, 0.25) is 0 Å². The second-order valence-corrected chi connectivity index (χ2v) is 9.28. The molecule has 1 aromatic carbocycles. The average molecular weight is 462 g/mol. The molecule has 2 bridgehead atoms. The molecule has 2 aromatic rings. The number of hydrogen-bond donors (Lipinski definition) is 1. The standard InChI is InChI=1S/C20H25NO2.CHF3O3S/c1-4-22-18-6-5-7-19-17(18)12-20(23-19)14-10-15-8-9-16(11-14)21(15)13(2)3;2-1(3,4)8(5,6)7/h5-7,10,12-13,15-16H,4,8-9,11H2,1-3H3;(H,5,6,7). The SMILES string of the molecule is CCOc1cccc2oc(C3=CC4CCC(C3)N4C(C)C)cc12.O=S(=O)(O)C(F)(F)F. The number of furan rings is 1. The van der Waals surface area contributed by atoms with Crippen molar-refractivity contribution in [3.8, 4) is 5.75 Å². The zero-order valence-electron chi connectivity index (χ0n) is 17.5. The van der Waals surface area contributed by atoms with Crippen LogP contribution in [0.1, 0.15) is 45.8 Å². The van der Waals surface area contributed by atoms with E-state index in [0.29, 0.717) is 24.7 Å². The first kappa shape index (κ1) is 23.6. The van der Waals surface area contributed by atoms with Gasteiger partial charge in [-0.3, -0.25) is 9.45 Å². The smallest absolute Gasteiger partial charge is 0.493 e. The van der Waals surface area contributed by atoms with E-state index in [9.17, 15) is 13.2 Å². The highest BCUT2D eigenvalue weighted by molar-refractivity contribution is 7.86. The Hall–Kier alpha value is -2.04. The van der Waals surface area contributed by atoms with Gasteiger partial charge in [-0.25, -0.2) is 0 Å². The second-order valence-electron chi connectivity index (χ2n) is 7.87. The fraction of sp³-hybridized carbons (Fsp3) is 0.524. The van der Waals surface area contributed by atoms with Crippen LogP contribution in [-0.2, 0) is 10.1 Å². The predicted octanol–water partition coefficient (Wildman–Crippen LogP) is 5.25. The molecule has 0 radical (unpaired) electrons. The molecule has 172 valence electrons. The highest BCUT2D eigenvalue weighted by Gasteiger charge is 2.44. The molecule has 2 unspecified atom stereocenters. The van der Waals surface area contributed by atoms with E-state index in [1.54, 1.807) is 0 Å². The van der Waals surface area contributed by atoms with E-state index >= 15 is 0 Å². The predicted molar refractivity (Wildman–Crippen MR) is 111 cm³/mol. The van der Waals surface area contributed by atoms with Crippen molar-refractivity contribution < 1.29 is 35.3 Å². The minimum atomic E-state index is -5.84. The van der Waals surface area contributed by atoms with Crippen molar-refractivity contribution in [3.05, 3.63) is 36.1 Å². The van der Waals surface area contributed by atoms with Crippen molar-refractivity contribution in [1.82, 2.24) is 4.90 Å². The molecule has 10 heteroatoms. The van der Waals surface area contributed by atoms with Gasteiger partial charge >= 0.3 is 15.6 Å². The van der Waals surface area contributed by atoms with Crippen LogP contribution in [0, 0.1) is 0 Å². The Balaban J connectivity index is 0.000000293. The lowest BCUT2D eigenvalue weighted by atomic mass is 9.97. The lowest BCUT2D eigenvalue weighted by Crippen LogP contribution is -2.42. The summed E-state index contributed by atoms with van der Waals surface area (Å²) in [6.07, 6.45) is 6.10. The normalized spacial score (nSPS) is 21.7. The van der Waals surface area contributed by atoms with Crippen molar-refractivity contribution >= 4 is 26.7 Å². The third kappa shape index (κ3) is 5.07. The van der Waals surface area contributed by atoms with Gasteiger partial charge in [-0.2, -0.15) is 21.6 Å². The zero-order chi connectivity index (χ0) is 23.0. The summed E-state index contributed by atoms with van der Waals surface area (Å²) in [6, 6.07) is 10.1. The third-order valence-electron chi connectivity index (χ3n) is 5.48. The summed E-state index contributed by atoms with van der Waals surface area (Å²) in [6.45, 7) is 7.30. The van der Waals surface area contributed by atoms with E-state index in [-0.39, 0.29) is 0 Å². The third-order valence-corrected chi connectivity index (χ3v) is 6.06. The molecule has 0 amide bonds. The van der Waals surface area contributed by atoms with Gasteiger partial charge in [0.05, 0.1) is 12.0 Å². The van der Waals surface area contributed by atoms with Crippen LogP contribution in [0.15, 0.2) is 34.8 Å². The van der Waals surface area contributed by atoms with E-state index in [1.807, 2.05) is 25.1 Å². The van der Waals surface area contributed by atoms with Crippen molar-refractivity contribution in [2.75, 3.05) is 6.61 Å². The molecule has 0 spiro atoms. The molecule has 0 aliphatic carbocycles. The quantitative estimate of drug-likeness (QED) is 0.495. The molecular weight excluding hydrogens is 435 g/mol. The Bertz CT molecular complexity index is 1060. The fourth-order valence-electron chi connectivity index (χ4n) is 4.32. The van der Waals surface area contributed by atoms with Gasteiger partial charge in [-0.05, 0) is 63.8 Å². The molecule has 1 N–H and O–H groups in total. The Labute approximate surface area is 179 Å². The Morgan fingerprint density at radius 1 is 1.29 bits per heavy atom. The van der Waals surface area contributed by atoms with E-state index in [2.05, 4.69) is 30.9 Å². The molecule has 3 heterocycles. The highest BCUT2D eigenvalue weighted by atomic mass is 32.2. The van der Waals surface area contributed by atoms with Gasteiger partial charge in [0, 0.05) is 18.1 Å². The van der Waals surface area contributed by atoms with Crippen LogP contribution in [0.2, 0.25) is 0 Å². The second kappa shape index (κ2) is 8.84. The number of nitrogens with zero attached hydrogens (tertiary/aromatic N) is 1. The molecule has 2 aliphatic heterocycles. The maximum atomic E-state index is 10.7. The number of halogens is 3. The molecule has 0 saturated carbocycles. The largest absolute Gasteiger partial charge is 0.522 e. The number of benzene rings is 1. The number of fused-ring (bicyclic) bond motifs is 3. The van der Waals surface area contributed by atoms with Gasteiger partial charge in [0.25, 0.3) is 0 Å². The Morgan fingerprint density at radius 3 is 2.52 bits per heavy atom. The number of alkyl halides is 3. The molecule has 31 heavy (non-hydrogen) atoms. The lowest BCUT2D eigenvalue weighted by Gasteiger charge is -2.36. The van der Waals surface area contributed by atoms with E-state index in [4.69, 9.17) is 22.1 Å². The van der Waals surface area contributed by atoms with Gasteiger partial charge in [0.15, 0.2) is 0 Å². The fourth-order valence-corrected chi connectivity index (χ4v) is 4.32. The van der Waals surface area contributed by atoms with Crippen molar-refractivity contribution in [1.29, 1.82) is 0 Å². The van der Waals surface area contributed by atoms with Crippen LogP contribution < -0.4 is 4.74 Å². The van der Waals surface area contributed by atoms with Gasteiger partial charge < -0.3 is 9.15 Å². The molecule has 1 aromatic heterocycles. The molecule has 1 saturated heterocycles. The molecule has 2 atom stereocenters. The maximum absolute atomic E-state index is 10.7. The van der Waals surface area contributed by atoms with Crippen LogP contribution in [0.25, 0.3) is 16.5 Å². The first-order valence-corrected chi connectivity index (χ1v) is 11.5. The van der Waals surface area contributed by atoms with Crippen molar-refractivity contribution in [3.63, 3.8) is 0 Å². The van der Waals surface area contributed by atoms with Crippen molar-refractivity contribution in [2.24, 2.45) is 0 Å². The Morgan fingerprint density at radius 2 is 1.97 bits per heavy atom. The monoisotopic (exact) mass is 461 g/mol. The van der Waals surface area contributed by atoms with Crippen LogP contribution in [0.5, 0.6) is 5.75 Å². The van der Waals surface area contributed by atoms with Crippen LogP contribution >= 0.6 is 0 Å². The minimum Gasteiger partial charge on any atom is -0.493 e. The van der Waals surface area contributed by atoms with Gasteiger partial charge in [0.1, 0.15) is 17.1 Å². The summed E-state index contributed by atoms with van der Waals surface area (Å²) in [4.78, 5) is 2.66. The molecular formula is C21H26F3NO5S. The molecule has 1 fully saturated rings. The van der Waals surface area contributed by atoms with E-state index < -0.39 is 15.6 Å². The number of ether oxygens (including phenoxy) is 1. The molecule has 4 rings (SSSR count). The van der Waals surface area contributed by atoms with E-state index in [1.165, 1.54) is 18.4 Å². The summed E-state index contributed by atoms with van der Waals surface area (Å²) in [7, 11) is -5.84. The highest BCUT2D eigenvalue weighted by Crippen LogP contribution is 2.41. The zero-order valence-corrected chi connectivity index (χ0v) is 18.3. The van der Waals surface area contributed by atoms with Crippen LogP contribution in [0.3, 0.4) is 0 Å². The first-order valence-electron chi connectivity index (χ1n) is 10.1. The average Bonchev–Trinajstić information content (AvgIpc) is 3.20. The first-order chi connectivity index (χ1) is 14.4. The topological polar surface area (TPSA) is 80.0 Å². The molecule has 2 aliphatic rings. The number of hydrogen-bond acceptors (Lipinski definition) is 5. The summed E-state index contributed by atoms with van der Waals surface area (Å²) >= 11 is 0. The Kier molecular flexibility index (Phi) is 6.73. The summed E-state index contributed by atoms with van der Waals surface area (Å²) in [5.41, 5.74) is -3.24.